The Bertz CT molecular complexity index is 585. The van der Waals surface area contributed by atoms with E-state index in [0.29, 0.717) is 5.75 Å². The zero-order valence-electron chi connectivity index (χ0n) is 12.8. The topological polar surface area (TPSA) is 35.5 Å². The third kappa shape index (κ3) is 3.77. The molecule has 0 aromatic heterocycles. The summed E-state index contributed by atoms with van der Waals surface area (Å²) in [5, 5.41) is -0.199. The summed E-state index contributed by atoms with van der Waals surface area (Å²) in [7, 11) is 2.18. The molecule has 1 atom stereocenters. The lowest BCUT2D eigenvalue weighted by Crippen LogP contribution is -2.10. The molecule has 0 N–H and O–H groups in total. The average Bonchev–Trinajstić information content (AvgIpc) is 2.56. The fourth-order valence-electron chi connectivity index (χ4n) is 2.27. The van der Waals surface area contributed by atoms with Gasteiger partial charge in [-0.15, -0.1) is 6.58 Å². The Balaban J connectivity index is 2.39. The molecule has 0 saturated carbocycles. The van der Waals surface area contributed by atoms with Crippen LogP contribution in [0.1, 0.15) is 16.4 Å². The molecule has 1 unspecified atom stereocenters. The van der Waals surface area contributed by atoms with Crippen molar-refractivity contribution in [1.29, 1.82) is 0 Å². The summed E-state index contributed by atoms with van der Waals surface area (Å²) < 4.78 is 23.0. The molecule has 22 heavy (non-hydrogen) atoms. The molecule has 3 nitrogen and oxygen atoms in total. The van der Waals surface area contributed by atoms with Gasteiger partial charge in [-0.3, -0.25) is 4.21 Å². The largest absolute Gasteiger partial charge is 0.497 e. The van der Waals surface area contributed by atoms with Crippen LogP contribution in [0.15, 0.2) is 61.2 Å². The van der Waals surface area contributed by atoms with E-state index in [4.69, 9.17) is 9.47 Å². The summed E-state index contributed by atoms with van der Waals surface area (Å²) in [6, 6.07) is 15.4. The number of ether oxygens (including phenoxy) is 2. The van der Waals surface area contributed by atoms with E-state index in [2.05, 4.69) is 6.58 Å². The van der Waals surface area contributed by atoms with Gasteiger partial charge in [0.2, 0.25) is 0 Å². The molecule has 2 aromatic rings. The van der Waals surface area contributed by atoms with Crippen molar-refractivity contribution in [2.75, 3.05) is 20.0 Å². The average molecular weight is 316 g/mol. The smallest absolute Gasteiger partial charge is 0.118 e. The first-order chi connectivity index (χ1) is 10.7. The van der Waals surface area contributed by atoms with Crippen LogP contribution in [0.2, 0.25) is 0 Å². The van der Waals surface area contributed by atoms with Crippen molar-refractivity contribution in [2.45, 2.75) is 5.25 Å². The summed E-state index contributed by atoms with van der Waals surface area (Å²) in [5.41, 5.74) is 1.98. The summed E-state index contributed by atoms with van der Waals surface area (Å²) in [5.74, 6) is 2.02. The van der Waals surface area contributed by atoms with Crippen molar-refractivity contribution in [3.63, 3.8) is 0 Å². The summed E-state index contributed by atoms with van der Waals surface area (Å²) >= 11 is 0. The van der Waals surface area contributed by atoms with Crippen LogP contribution in [-0.2, 0) is 10.8 Å². The predicted octanol–water partition coefficient (Wildman–Crippen LogP) is 3.73. The maximum Gasteiger partial charge on any atom is 0.118 e. The Morgan fingerprint density at radius 1 is 0.955 bits per heavy atom. The lowest BCUT2D eigenvalue weighted by molar-refractivity contribution is 0.414. The number of methoxy groups -OCH3 is 2. The van der Waals surface area contributed by atoms with Crippen molar-refractivity contribution in [2.24, 2.45) is 0 Å². The molecule has 0 fully saturated rings. The number of benzene rings is 2. The van der Waals surface area contributed by atoms with Gasteiger partial charge in [0.1, 0.15) is 11.5 Å². The van der Waals surface area contributed by atoms with Crippen LogP contribution >= 0.6 is 0 Å². The Kier molecular flexibility index (Phi) is 5.78. The van der Waals surface area contributed by atoms with Crippen molar-refractivity contribution >= 4 is 10.8 Å². The van der Waals surface area contributed by atoms with Crippen molar-refractivity contribution in [3.05, 3.63) is 72.3 Å². The van der Waals surface area contributed by atoms with E-state index in [1.807, 2.05) is 48.5 Å². The standard InChI is InChI=1S/C18H20O3S/c1-4-13-22(19)18(14-5-9-16(20-2)10-6-14)15-7-11-17(21-3)12-8-15/h4-12,18H,1,13H2,2-3H3. The van der Waals surface area contributed by atoms with Gasteiger partial charge in [-0.25, -0.2) is 0 Å². The molecule has 0 aliphatic carbocycles. The highest BCUT2D eigenvalue weighted by molar-refractivity contribution is 7.85. The second-order valence-corrected chi connectivity index (χ2v) is 6.33. The lowest BCUT2D eigenvalue weighted by Gasteiger charge is -2.18. The second kappa shape index (κ2) is 7.80. The van der Waals surface area contributed by atoms with Crippen LogP contribution in [-0.4, -0.2) is 24.2 Å². The van der Waals surface area contributed by atoms with Gasteiger partial charge in [0.25, 0.3) is 0 Å². The molecule has 0 aliphatic rings. The fourth-order valence-corrected chi connectivity index (χ4v) is 3.61. The first kappa shape index (κ1) is 16.3. The van der Waals surface area contributed by atoms with Gasteiger partial charge >= 0.3 is 0 Å². The first-order valence-corrected chi connectivity index (χ1v) is 8.33. The molecule has 0 spiro atoms. The zero-order chi connectivity index (χ0) is 15.9. The van der Waals surface area contributed by atoms with E-state index >= 15 is 0 Å². The van der Waals surface area contributed by atoms with E-state index in [1.54, 1.807) is 20.3 Å². The van der Waals surface area contributed by atoms with Gasteiger partial charge in [0.15, 0.2) is 0 Å². The zero-order valence-corrected chi connectivity index (χ0v) is 13.6. The highest BCUT2D eigenvalue weighted by Gasteiger charge is 2.20. The number of rotatable bonds is 7. The minimum Gasteiger partial charge on any atom is -0.497 e. The van der Waals surface area contributed by atoms with Crippen LogP contribution < -0.4 is 9.47 Å². The van der Waals surface area contributed by atoms with Gasteiger partial charge in [-0.05, 0) is 35.4 Å². The molecular formula is C18H20O3S. The van der Waals surface area contributed by atoms with Crippen LogP contribution in [0.25, 0.3) is 0 Å². The van der Waals surface area contributed by atoms with Crippen LogP contribution in [0.3, 0.4) is 0 Å². The lowest BCUT2D eigenvalue weighted by atomic mass is 10.0. The SMILES string of the molecule is C=CCS(=O)C(c1ccc(OC)cc1)c1ccc(OC)cc1. The summed E-state index contributed by atoms with van der Waals surface area (Å²) in [4.78, 5) is 0. The quantitative estimate of drug-likeness (QED) is 0.730. The van der Waals surface area contributed by atoms with Crippen molar-refractivity contribution in [3.8, 4) is 11.5 Å². The molecule has 116 valence electrons. The van der Waals surface area contributed by atoms with Gasteiger partial charge < -0.3 is 9.47 Å². The third-order valence-corrected chi connectivity index (χ3v) is 5.02. The van der Waals surface area contributed by atoms with Crippen LogP contribution in [0, 0.1) is 0 Å². The molecule has 2 aromatic carbocycles. The third-order valence-electron chi connectivity index (χ3n) is 3.38. The monoisotopic (exact) mass is 316 g/mol. The molecule has 4 heteroatoms. The van der Waals surface area contributed by atoms with Gasteiger partial charge in [-0.1, -0.05) is 30.3 Å². The highest BCUT2D eigenvalue weighted by atomic mass is 32.2. The van der Waals surface area contributed by atoms with E-state index in [9.17, 15) is 4.21 Å². The normalized spacial score (nSPS) is 12.0. The van der Waals surface area contributed by atoms with Gasteiger partial charge in [0.05, 0.1) is 19.5 Å². The molecule has 2 rings (SSSR count). The van der Waals surface area contributed by atoms with Gasteiger partial charge in [-0.2, -0.15) is 0 Å². The van der Waals surface area contributed by atoms with E-state index in [0.717, 1.165) is 22.6 Å². The predicted molar refractivity (Wildman–Crippen MR) is 91.0 cm³/mol. The van der Waals surface area contributed by atoms with Crippen molar-refractivity contribution < 1.29 is 13.7 Å². The Labute approximate surface area is 134 Å². The maximum atomic E-state index is 12.6. The maximum absolute atomic E-state index is 12.6. The van der Waals surface area contributed by atoms with Crippen LogP contribution in [0.4, 0.5) is 0 Å². The molecule has 0 radical (unpaired) electrons. The Hall–Kier alpha value is -2.07. The first-order valence-electron chi connectivity index (χ1n) is 6.95. The van der Waals surface area contributed by atoms with E-state index < -0.39 is 10.8 Å². The Morgan fingerprint density at radius 3 is 1.68 bits per heavy atom. The fraction of sp³-hybridized carbons (Fsp3) is 0.222. The summed E-state index contributed by atoms with van der Waals surface area (Å²) in [6.45, 7) is 3.69. The van der Waals surface area contributed by atoms with E-state index in [1.165, 1.54) is 0 Å². The Morgan fingerprint density at radius 2 is 1.36 bits per heavy atom. The molecule has 0 bridgehead atoms. The van der Waals surface area contributed by atoms with Gasteiger partial charge in [0, 0.05) is 16.6 Å². The molecule has 0 heterocycles. The number of hydrogen-bond acceptors (Lipinski definition) is 3. The number of hydrogen-bond donors (Lipinski definition) is 0. The van der Waals surface area contributed by atoms with Crippen molar-refractivity contribution in [1.82, 2.24) is 0 Å². The highest BCUT2D eigenvalue weighted by Crippen LogP contribution is 2.31. The van der Waals surface area contributed by atoms with Crippen LogP contribution in [0.5, 0.6) is 11.5 Å². The minimum atomic E-state index is -1.08. The molecule has 0 aliphatic heterocycles. The molecule has 0 amide bonds. The molecular weight excluding hydrogens is 296 g/mol. The second-order valence-electron chi connectivity index (χ2n) is 4.76. The molecule has 0 saturated heterocycles. The summed E-state index contributed by atoms with van der Waals surface area (Å²) in [6.07, 6.45) is 1.69. The van der Waals surface area contributed by atoms with E-state index in [-0.39, 0.29) is 5.25 Å². The minimum absolute atomic E-state index is 0.199.